The van der Waals surface area contributed by atoms with E-state index < -0.39 is 0 Å². The summed E-state index contributed by atoms with van der Waals surface area (Å²) >= 11 is 0. The van der Waals surface area contributed by atoms with E-state index in [4.69, 9.17) is 4.74 Å². The Bertz CT molecular complexity index is 894. The van der Waals surface area contributed by atoms with E-state index in [2.05, 4.69) is 10.6 Å². The standard InChI is InChI=1S/C23H22N2O3/c26-22(15-18-7-3-1-4-8-18)24-16-23(27)25-20-11-13-21(14-12-20)28-17-19-9-5-2-6-10-19/h1-14H,15-17H2,(H,24,26)(H,25,27). The Kier molecular flexibility index (Phi) is 6.79. The molecular formula is C23H22N2O3. The minimum Gasteiger partial charge on any atom is -0.489 e. The summed E-state index contributed by atoms with van der Waals surface area (Å²) in [5.74, 6) is 0.253. The molecule has 0 atom stereocenters. The first-order chi connectivity index (χ1) is 13.7. The summed E-state index contributed by atoms with van der Waals surface area (Å²) in [5, 5.41) is 5.38. The molecule has 3 rings (SSSR count). The van der Waals surface area contributed by atoms with Crippen LogP contribution in [0.2, 0.25) is 0 Å². The van der Waals surface area contributed by atoms with Crippen LogP contribution in [-0.4, -0.2) is 18.4 Å². The van der Waals surface area contributed by atoms with Gasteiger partial charge in [0.05, 0.1) is 13.0 Å². The van der Waals surface area contributed by atoms with Gasteiger partial charge in [0.25, 0.3) is 0 Å². The molecule has 5 heteroatoms. The molecule has 0 aliphatic heterocycles. The van der Waals surface area contributed by atoms with Gasteiger partial charge in [0.2, 0.25) is 11.8 Å². The SMILES string of the molecule is O=C(Cc1ccccc1)NCC(=O)Nc1ccc(OCc2ccccc2)cc1. The smallest absolute Gasteiger partial charge is 0.243 e. The Hall–Kier alpha value is -3.60. The maximum Gasteiger partial charge on any atom is 0.243 e. The van der Waals surface area contributed by atoms with Gasteiger partial charge in [0.15, 0.2) is 0 Å². The molecule has 142 valence electrons. The van der Waals surface area contributed by atoms with E-state index in [9.17, 15) is 9.59 Å². The second kappa shape index (κ2) is 9.92. The van der Waals surface area contributed by atoms with Crippen LogP contribution in [0.4, 0.5) is 5.69 Å². The van der Waals surface area contributed by atoms with Gasteiger partial charge in [-0.1, -0.05) is 60.7 Å². The van der Waals surface area contributed by atoms with Crippen molar-refractivity contribution in [1.82, 2.24) is 5.32 Å². The Balaban J connectivity index is 1.40. The highest BCUT2D eigenvalue weighted by molar-refractivity contribution is 5.94. The summed E-state index contributed by atoms with van der Waals surface area (Å²) in [6.07, 6.45) is 0.252. The zero-order valence-electron chi connectivity index (χ0n) is 15.4. The quantitative estimate of drug-likeness (QED) is 0.633. The van der Waals surface area contributed by atoms with Crippen molar-refractivity contribution in [2.24, 2.45) is 0 Å². The Morgan fingerprint density at radius 3 is 1.96 bits per heavy atom. The van der Waals surface area contributed by atoms with Gasteiger partial charge in [-0.25, -0.2) is 0 Å². The number of hydrogen-bond acceptors (Lipinski definition) is 3. The van der Waals surface area contributed by atoms with E-state index in [-0.39, 0.29) is 24.8 Å². The van der Waals surface area contributed by atoms with Gasteiger partial charge in [0, 0.05) is 5.69 Å². The van der Waals surface area contributed by atoms with Crippen LogP contribution in [0.3, 0.4) is 0 Å². The summed E-state index contributed by atoms with van der Waals surface area (Å²) in [7, 11) is 0. The summed E-state index contributed by atoms with van der Waals surface area (Å²) in [5.41, 5.74) is 2.65. The van der Waals surface area contributed by atoms with Crippen LogP contribution in [0.15, 0.2) is 84.9 Å². The van der Waals surface area contributed by atoms with Crippen molar-refractivity contribution in [3.8, 4) is 5.75 Å². The molecule has 3 aromatic rings. The first-order valence-electron chi connectivity index (χ1n) is 9.06. The van der Waals surface area contributed by atoms with Crippen LogP contribution in [0, 0.1) is 0 Å². The first-order valence-corrected chi connectivity index (χ1v) is 9.06. The largest absolute Gasteiger partial charge is 0.489 e. The second-order valence-electron chi connectivity index (χ2n) is 6.29. The lowest BCUT2D eigenvalue weighted by Crippen LogP contribution is -2.33. The second-order valence-corrected chi connectivity index (χ2v) is 6.29. The third-order valence-electron chi connectivity index (χ3n) is 4.04. The Morgan fingerprint density at radius 2 is 1.32 bits per heavy atom. The number of carbonyl (C=O) groups is 2. The van der Waals surface area contributed by atoms with Crippen molar-refractivity contribution in [3.63, 3.8) is 0 Å². The number of anilines is 1. The van der Waals surface area contributed by atoms with Crippen LogP contribution in [0.25, 0.3) is 0 Å². The predicted molar refractivity (Wildman–Crippen MR) is 109 cm³/mol. The maximum atomic E-state index is 12.0. The minimum atomic E-state index is -0.278. The van der Waals surface area contributed by atoms with Crippen LogP contribution >= 0.6 is 0 Å². The van der Waals surface area contributed by atoms with E-state index in [0.29, 0.717) is 12.3 Å². The predicted octanol–water partition coefficient (Wildman–Crippen LogP) is 3.56. The van der Waals surface area contributed by atoms with Gasteiger partial charge >= 0.3 is 0 Å². The van der Waals surface area contributed by atoms with Crippen LogP contribution in [0.1, 0.15) is 11.1 Å². The fourth-order valence-corrected chi connectivity index (χ4v) is 2.60. The fourth-order valence-electron chi connectivity index (χ4n) is 2.60. The molecular weight excluding hydrogens is 352 g/mol. The molecule has 0 saturated heterocycles. The minimum absolute atomic E-state index is 0.0715. The normalized spacial score (nSPS) is 10.1. The van der Waals surface area contributed by atoms with E-state index in [0.717, 1.165) is 16.9 Å². The highest BCUT2D eigenvalue weighted by atomic mass is 16.5. The Morgan fingerprint density at radius 1 is 0.714 bits per heavy atom. The third-order valence-corrected chi connectivity index (χ3v) is 4.04. The number of nitrogens with one attached hydrogen (secondary N) is 2. The number of carbonyl (C=O) groups excluding carboxylic acids is 2. The van der Waals surface area contributed by atoms with Gasteiger partial charge in [-0.05, 0) is 35.4 Å². The van der Waals surface area contributed by atoms with E-state index in [1.165, 1.54) is 0 Å². The van der Waals surface area contributed by atoms with Crippen molar-refractivity contribution in [3.05, 3.63) is 96.1 Å². The molecule has 2 N–H and O–H groups in total. The van der Waals surface area contributed by atoms with Crippen molar-refractivity contribution in [2.75, 3.05) is 11.9 Å². The molecule has 0 fully saturated rings. The van der Waals surface area contributed by atoms with Crippen molar-refractivity contribution >= 4 is 17.5 Å². The van der Waals surface area contributed by atoms with Crippen molar-refractivity contribution < 1.29 is 14.3 Å². The highest BCUT2D eigenvalue weighted by Gasteiger charge is 2.07. The molecule has 0 heterocycles. The van der Waals surface area contributed by atoms with Gasteiger partial charge in [-0.15, -0.1) is 0 Å². The number of hydrogen-bond donors (Lipinski definition) is 2. The number of benzene rings is 3. The molecule has 0 aromatic heterocycles. The van der Waals surface area contributed by atoms with Crippen LogP contribution < -0.4 is 15.4 Å². The topological polar surface area (TPSA) is 67.4 Å². The summed E-state index contributed by atoms with van der Waals surface area (Å²) < 4.78 is 5.72. The molecule has 0 saturated carbocycles. The monoisotopic (exact) mass is 374 g/mol. The van der Waals surface area contributed by atoms with E-state index in [1.54, 1.807) is 24.3 Å². The summed E-state index contributed by atoms with van der Waals surface area (Å²) in [4.78, 5) is 23.9. The number of amides is 2. The van der Waals surface area contributed by atoms with Crippen molar-refractivity contribution in [2.45, 2.75) is 13.0 Å². The molecule has 5 nitrogen and oxygen atoms in total. The van der Waals surface area contributed by atoms with Crippen LogP contribution in [0.5, 0.6) is 5.75 Å². The molecule has 0 radical (unpaired) electrons. The highest BCUT2D eigenvalue weighted by Crippen LogP contribution is 2.17. The molecule has 0 aliphatic carbocycles. The van der Waals surface area contributed by atoms with E-state index >= 15 is 0 Å². The zero-order valence-corrected chi connectivity index (χ0v) is 15.4. The average Bonchev–Trinajstić information content (AvgIpc) is 2.73. The molecule has 0 aliphatic rings. The summed E-state index contributed by atoms with van der Waals surface area (Å²) in [6.45, 7) is 0.415. The van der Waals surface area contributed by atoms with Gasteiger partial charge in [-0.2, -0.15) is 0 Å². The molecule has 28 heavy (non-hydrogen) atoms. The zero-order chi connectivity index (χ0) is 19.6. The van der Waals surface area contributed by atoms with Gasteiger partial charge in [0.1, 0.15) is 12.4 Å². The fraction of sp³-hybridized carbons (Fsp3) is 0.130. The Labute approximate surface area is 164 Å². The molecule has 2 amide bonds. The van der Waals surface area contributed by atoms with Crippen molar-refractivity contribution in [1.29, 1.82) is 0 Å². The first kappa shape index (κ1) is 19.2. The summed E-state index contributed by atoms with van der Waals surface area (Å²) in [6, 6.07) is 26.4. The van der Waals surface area contributed by atoms with E-state index in [1.807, 2.05) is 60.7 Å². The number of ether oxygens (including phenoxy) is 1. The average molecular weight is 374 g/mol. The molecule has 0 spiro atoms. The van der Waals surface area contributed by atoms with Crippen LogP contribution in [-0.2, 0) is 22.6 Å². The molecule has 3 aromatic carbocycles. The van der Waals surface area contributed by atoms with Gasteiger partial charge in [-0.3, -0.25) is 9.59 Å². The number of rotatable bonds is 8. The molecule has 0 bridgehead atoms. The molecule has 0 unspecified atom stereocenters. The maximum absolute atomic E-state index is 12.0. The third kappa shape index (κ3) is 6.29. The van der Waals surface area contributed by atoms with Gasteiger partial charge < -0.3 is 15.4 Å². The lowest BCUT2D eigenvalue weighted by Gasteiger charge is -2.09. The lowest BCUT2D eigenvalue weighted by molar-refractivity contribution is -0.123. The lowest BCUT2D eigenvalue weighted by atomic mass is 10.1.